The Morgan fingerprint density at radius 2 is 2.36 bits per heavy atom. The number of fused-ring (bicyclic) bond motifs is 1. The van der Waals surface area contributed by atoms with E-state index in [1.54, 1.807) is 0 Å². The monoisotopic (exact) mass is 157 g/mol. The average molecular weight is 157 g/mol. The van der Waals surface area contributed by atoms with Crippen molar-refractivity contribution in [2.24, 2.45) is 5.92 Å². The summed E-state index contributed by atoms with van der Waals surface area (Å²) in [5.74, 6) is 0.714. The molecule has 0 unspecified atom stereocenters. The minimum absolute atomic E-state index is 0.261. The van der Waals surface area contributed by atoms with E-state index in [2.05, 4.69) is 5.32 Å². The van der Waals surface area contributed by atoms with Crippen molar-refractivity contribution in [1.82, 2.24) is 5.32 Å². The number of aliphatic hydroxyl groups is 1. The highest BCUT2D eigenvalue weighted by Gasteiger charge is 2.37. The highest BCUT2D eigenvalue weighted by atomic mass is 16.5. The molecule has 0 saturated carbocycles. The second kappa shape index (κ2) is 3.09. The Kier molecular flexibility index (Phi) is 2.11. The second-order valence-corrected chi connectivity index (χ2v) is 3.46. The van der Waals surface area contributed by atoms with Crippen molar-refractivity contribution in [3.63, 3.8) is 0 Å². The van der Waals surface area contributed by atoms with Crippen LogP contribution in [0.3, 0.4) is 0 Å². The molecule has 0 aromatic rings. The maximum atomic E-state index is 8.69. The Morgan fingerprint density at radius 1 is 1.45 bits per heavy atom. The van der Waals surface area contributed by atoms with Gasteiger partial charge in [-0.3, -0.25) is 0 Å². The molecule has 2 fully saturated rings. The van der Waals surface area contributed by atoms with E-state index in [0.29, 0.717) is 18.1 Å². The summed E-state index contributed by atoms with van der Waals surface area (Å²) in [4.78, 5) is 0. The first-order chi connectivity index (χ1) is 5.40. The third kappa shape index (κ3) is 1.41. The fourth-order valence-electron chi connectivity index (χ4n) is 2.07. The summed E-state index contributed by atoms with van der Waals surface area (Å²) in [7, 11) is 0. The van der Waals surface area contributed by atoms with E-state index in [9.17, 15) is 0 Å². The molecule has 0 radical (unpaired) electrons. The van der Waals surface area contributed by atoms with Crippen LogP contribution in [-0.4, -0.2) is 37.0 Å². The molecule has 2 saturated heterocycles. The smallest absolute Gasteiger partial charge is 0.0744 e. The molecule has 64 valence electrons. The minimum Gasteiger partial charge on any atom is -0.396 e. The van der Waals surface area contributed by atoms with Gasteiger partial charge in [-0.25, -0.2) is 0 Å². The summed E-state index contributed by atoms with van der Waals surface area (Å²) in [5, 5.41) is 12.0. The Bertz CT molecular complexity index is 128. The zero-order valence-corrected chi connectivity index (χ0v) is 6.62. The molecular formula is C8H15NO2. The Morgan fingerprint density at radius 3 is 3.09 bits per heavy atom. The van der Waals surface area contributed by atoms with Crippen LogP contribution in [0, 0.1) is 5.92 Å². The van der Waals surface area contributed by atoms with Crippen molar-refractivity contribution in [1.29, 1.82) is 0 Å². The Balaban J connectivity index is 1.84. The van der Waals surface area contributed by atoms with E-state index >= 15 is 0 Å². The van der Waals surface area contributed by atoms with Gasteiger partial charge in [0.2, 0.25) is 0 Å². The summed E-state index contributed by atoms with van der Waals surface area (Å²) >= 11 is 0. The van der Waals surface area contributed by atoms with E-state index in [1.807, 2.05) is 0 Å². The predicted molar refractivity (Wildman–Crippen MR) is 41.3 cm³/mol. The molecule has 0 aromatic heterocycles. The van der Waals surface area contributed by atoms with Crippen LogP contribution in [0.2, 0.25) is 0 Å². The van der Waals surface area contributed by atoms with Crippen molar-refractivity contribution >= 4 is 0 Å². The quantitative estimate of drug-likeness (QED) is 0.580. The maximum absolute atomic E-state index is 8.69. The van der Waals surface area contributed by atoms with Crippen molar-refractivity contribution in [2.75, 3.05) is 19.7 Å². The molecule has 0 aromatic carbocycles. The third-order valence-electron chi connectivity index (χ3n) is 2.66. The highest BCUT2D eigenvalue weighted by molar-refractivity contribution is 4.89. The molecule has 3 nitrogen and oxygen atoms in total. The fourth-order valence-corrected chi connectivity index (χ4v) is 2.07. The molecule has 2 aliphatic rings. The number of hydrogen-bond donors (Lipinski definition) is 2. The van der Waals surface area contributed by atoms with Gasteiger partial charge in [0.25, 0.3) is 0 Å². The van der Waals surface area contributed by atoms with Crippen LogP contribution in [-0.2, 0) is 4.74 Å². The lowest BCUT2D eigenvalue weighted by molar-refractivity contribution is 0.0339. The van der Waals surface area contributed by atoms with Gasteiger partial charge in [-0.1, -0.05) is 0 Å². The molecule has 2 heterocycles. The molecule has 0 amide bonds. The SMILES string of the molecule is OCC[C@@H]1C[C@@H]2CNC[C@@H]2O1. The van der Waals surface area contributed by atoms with Crippen LogP contribution in [0.1, 0.15) is 12.8 Å². The topological polar surface area (TPSA) is 41.5 Å². The number of nitrogens with one attached hydrogen (secondary N) is 1. The lowest BCUT2D eigenvalue weighted by Gasteiger charge is -2.09. The van der Waals surface area contributed by atoms with E-state index in [-0.39, 0.29) is 6.61 Å². The fraction of sp³-hybridized carbons (Fsp3) is 1.00. The maximum Gasteiger partial charge on any atom is 0.0744 e. The first kappa shape index (κ1) is 7.53. The van der Waals surface area contributed by atoms with Gasteiger partial charge in [0.05, 0.1) is 12.2 Å². The van der Waals surface area contributed by atoms with Gasteiger partial charge >= 0.3 is 0 Å². The van der Waals surface area contributed by atoms with Crippen LogP contribution in [0.25, 0.3) is 0 Å². The number of aliphatic hydroxyl groups excluding tert-OH is 1. The van der Waals surface area contributed by atoms with Crippen molar-refractivity contribution in [3.8, 4) is 0 Å². The van der Waals surface area contributed by atoms with Crippen molar-refractivity contribution in [3.05, 3.63) is 0 Å². The lowest BCUT2D eigenvalue weighted by atomic mass is 10.0. The molecule has 3 heteroatoms. The molecule has 2 rings (SSSR count). The third-order valence-corrected chi connectivity index (χ3v) is 2.66. The standard InChI is InChI=1S/C8H15NO2/c10-2-1-7-3-6-4-9-5-8(6)11-7/h6-10H,1-5H2/t6-,7-,8+/m1/s1. The van der Waals surface area contributed by atoms with Crippen LogP contribution >= 0.6 is 0 Å². The molecule has 0 bridgehead atoms. The number of hydrogen-bond acceptors (Lipinski definition) is 3. The van der Waals surface area contributed by atoms with Crippen LogP contribution in [0.15, 0.2) is 0 Å². The van der Waals surface area contributed by atoms with Gasteiger partial charge in [-0.15, -0.1) is 0 Å². The first-order valence-corrected chi connectivity index (χ1v) is 4.37. The van der Waals surface area contributed by atoms with Crippen molar-refractivity contribution in [2.45, 2.75) is 25.0 Å². The summed E-state index contributed by atoms with van der Waals surface area (Å²) in [5.41, 5.74) is 0. The van der Waals surface area contributed by atoms with E-state index in [4.69, 9.17) is 9.84 Å². The minimum atomic E-state index is 0.261. The van der Waals surface area contributed by atoms with Gasteiger partial charge in [-0.05, 0) is 12.8 Å². The normalized spacial score (nSPS) is 42.8. The molecule has 0 aliphatic carbocycles. The molecule has 2 aliphatic heterocycles. The highest BCUT2D eigenvalue weighted by Crippen LogP contribution is 2.30. The Hall–Kier alpha value is -0.120. The van der Waals surface area contributed by atoms with Gasteiger partial charge in [-0.2, -0.15) is 0 Å². The number of ether oxygens (including phenoxy) is 1. The van der Waals surface area contributed by atoms with E-state index in [1.165, 1.54) is 0 Å². The molecule has 11 heavy (non-hydrogen) atoms. The van der Waals surface area contributed by atoms with Crippen LogP contribution < -0.4 is 5.32 Å². The zero-order valence-electron chi connectivity index (χ0n) is 6.62. The van der Waals surface area contributed by atoms with Gasteiger partial charge in [0.15, 0.2) is 0 Å². The molecular weight excluding hydrogens is 142 g/mol. The summed E-state index contributed by atoms with van der Waals surface area (Å²) in [6, 6.07) is 0. The summed E-state index contributed by atoms with van der Waals surface area (Å²) in [6.45, 7) is 2.37. The van der Waals surface area contributed by atoms with E-state index < -0.39 is 0 Å². The van der Waals surface area contributed by atoms with Gasteiger partial charge in [0.1, 0.15) is 0 Å². The van der Waals surface area contributed by atoms with Crippen molar-refractivity contribution < 1.29 is 9.84 Å². The lowest BCUT2D eigenvalue weighted by Crippen LogP contribution is -2.19. The predicted octanol–water partition coefficient (Wildman–Crippen LogP) is -0.254. The summed E-state index contributed by atoms with van der Waals surface area (Å²) in [6.07, 6.45) is 2.72. The first-order valence-electron chi connectivity index (χ1n) is 4.37. The van der Waals surface area contributed by atoms with Gasteiger partial charge < -0.3 is 15.2 Å². The average Bonchev–Trinajstić information content (AvgIpc) is 2.46. The van der Waals surface area contributed by atoms with Gasteiger partial charge in [0, 0.05) is 25.6 Å². The molecule has 3 atom stereocenters. The second-order valence-electron chi connectivity index (χ2n) is 3.46. The largest absolute Gasteiger partial charge is 0.396 e. The molecule has 0 spiro atoms. The summed E-state index contributed by atoms with van der Waals surface area (Å²) < 4.78 is 5.70. The molecule has 2 N–H and O–H groups in total. The van der Waals surface area contributed by atoms with E-state index in [0.717, 1.165) is 25.9 Å². The van der Waals surface area contributed by atoms with Crippen LogP contribution in [0.4, 0.5) is 0 Å². The van der Waals surface area contributed by atoms with Crippen LogP contribution in [0.5, 0.6) is 0 Å². The Labute approximate surface area is 66.7 Å². The zero-order chi connectivity index (χ0) is 7.68. The number of rotatable bonds is 2.